The number of sulfonamides is 1. The third-order valence-electron chi connectivity index (χ3n) is 4.76. The van der Waals surface area contributed by atoms with Crippen molar-refractivity contribution in [1.82, 2.24) is 14.6 Å². The Bertz CT molecular complexity index is 959. The van der Waals surface area contributed by atoms with Gasteiger partial charge in [-0.15, -0.1) is 13.2 Å². The molecule has 0 spiro atoms. The maximum Gasteiger partial charge on any atom is 0.573 e. The van der Waals surface area contributed by atoms with Crippen LogP contribution < -0.4 is 9.46 Å². The number of piperidine rings is 1. The molecule has 0 bridgehead atoms. The zero-order valence-corrected chi connectivity index (χ0v) is 16.6. The molecule has 0 saturated carbocycles. The van der Waals surface area contributed by atoms with E-state index in [4.69, 9.17) is 0 Å². The summed E-state index contributed by atoms with van der Waals surface area (Å²) in [6.07, 6.45) is -0.463. The lowest BCUT2D eigenvalue weighted by atomic mass is 9.97. The summed E-state index contributed by atoms with van der Waals surface area (Å²) in [6.45, 7) is 1.20. The van der Waals surface area contributed by atoms with E-state index in [9.17, 15) is 26.4 Å². The van der Waals surface area contributed by atoms with Gasteiger partial charge in [-0.3, -0.25) is 9.78 Å². The highest BCUT2D eigenvalue weighted by atomic mass is 32.2. The van der Waals surface area contributed by atoms with E-state index < -0.39 is 22.1 Å². The number of amides is 1. The highest BCUT2D eigenvalue weighted by Gasteiger charge is 2.31. The fraction of sp³-hybridized carbons (Fsp3) is 0.368. The number of benzene rings is 1. The predicted molar refractivity (Wildman–Crippen MR) is 101 cm³/mol. The van der Waals surface area contributed by atoms with Crippen molar-refractivity contribution in [3.63, 3.8) is 0 Å². The maximum absolute atomic E-state index is 12.4. The lowest BCUT2D eigenvalue weighted by Gasteiger charge is -2.32. The second-order valence-corrected chi connectivity index (χ2v) is 8.61. The van der Waals surface area contributed by atoms with Crippen molar-refractivity contribution in [2.24, 2.45) is 5.92 Å². The van der Waals surface area contributed by atoms with Gasteiger partial charge < -0.3 is 9.64 Å². The topological polar surface area (TPSA) is 88.6 Å². The molecule has 1 aromatic carbocycles. The molecule has 1 aromatic heterocycles. The van der Waals surface area contributed by atoms with Crippen molar-refractivity contribution in [2.75, 3.05) is 19.6 Å². The van der Waals surface area contributed by atoms with Crippen LogP contribution in [0.3, 0.4) is 0 Å². The first-order valence-corrected chi connectivity index (χ1v) is 10.7. The number of aromatic nitrogens is 1. The van der Waals surface area contributed by atoms with Gasteiger partial charge in [-0.2, -0.15) is 0 Å². The standard InChI is InChI=1S/C19H20F3N3O4S/c20-19(21,22)29-16-1-3-17(4-2-16)30(27,28)24-13-14-7-11-25(12-8-14)18(26)15-5-9-23-10-6-15/h1-6,9-10,14,24H,7-8,11-13H2. The summed E-state index contributed by atoms with van der Waals surface area (Å²) >= 11 is 0. The van der Waals surface area contributed by atoms with Gasteiger partial charge in [-0.1, -0.05) is 0 Å². The van der Waals surface area contributed by atoms with Crippen molar-refractivity contribution in [2.45, 2.75) is 24.1 Å². The van der Waals surface area contributed by atoms with E-state index in [0.29, 0.717) is 31.5 Å². The van der Waals surface area contributed by atoms with Crippen LogP contribution in [0.1, 0.15) is 23.2 Å². The lowest BCUT2D eigenvalue weighted by molar-refractivity contribution is -0.274. The third kappa shape index (κ3) is 5.92. The average Bonchev–Trinajstić information content (AvgIpc) is 2.72. The van der Waals surface area contributed by atoms with Crippen LogP contribution in [-0.4, -0.2) is 50.2 Å². The predicted octanol–water partition coefficient (Wildman–Crippen LogP) is 2.81. The number of nitrogens with one attached hydrogen (secondary N) is 1. The molecule has 7 nitrogen and oxygen atoms in total. The molecule has 1 amide bonds. The van der Waals surface area contributed by atoms with E-state index in [-0.39, 0.29) is 23.3 Å². The minimum Gasteiger partial charge on any atom is -0.406 e. The van der Waals surface area contributed by atoms with Gasteiger partial charge in [0.25, 0.3) is 5.91 Å². The van der Waals surface area contributed by atoms with Crippen LogP contribution in [0.15, 0.2) is 53.7 Å². The third-order valence-corrected chi connectivity index (χ3v) is 6.20. The summed E-state index contributed by atoms with van der Waals surface area (Å²) in [6, 6.07) is 7.30. The number of hydrogen-bond donors (Lipinski definition) is 1. The number of pyridine rings is 1. The number of likely N-dealkylation sites (tertiary alicyclic amines) is 1. The molecule has 1 fully saturated rings. The summed E-state index contributed by atoms with van der Waals surface area (Å²) < 4.78 is 67.6. The van der Waals surface area contributed by atoms with Gasteiger partial charge >= 0.3 is 6.36 Å². The SMILES string of the molecule is O=C(c1ccncc1)N1CCC(CNS(=O)(=O)c2ccc(OC(F)(F)F)cc2)CC1. The largest absolute Gasteiger partial charge is 0.573 e. The second kappa shape index (κ2) is 9.00. The summed E-state index contributed by atoms with van der Waals surface area (Å²) in [5.41, 5.74) is 0.558. The molecule has 1 aliphatic rings. The van der Waals surface area contributed by atoms with Gasteiger partial charge in [0.15, 0.2) is 0 Å². The first kappa shape index (κ1) is 22.0. The quantitative estimate of drug-likeness (QED) is 0.742. The van der Waals surface area contributed by atoms with Crippen molar-refractivity contribution >= 4 is 15.9 Å². The molecule has 0 unspecified atom stereocenters. The minimum atomic E-state index is -4.84. The molecular formula is C19H20F3N3O4S. The van der Waals surface area contributed by atoms with E-state index in [1.165, 1.54) is 0 Å². The Hall–Kier alpha value is -2.66. The van der Waals surface area contributed by atoms with E-state index in [1.54, 1.807) is 29.4 Å². The van der Waals surface area contributed by atoms with Gasteiger partial charge in [-0.05, 0) is 55.2 Å². The summed E-state index contributed by atoms with van der Waals surface area (Å²) in [5, 5.41) is 0. The van der Waals surface area contributed by atoms with Crippen LogP contribution in [0, 0.1) is 5.92 Å². The number of halogens is 3. The van der Waals surface area contributed by atoms with Crippen molar-refractivity contribution in [3.05, 3.63) is 54.4 Å². The van der Waals surface area contributed by atoms with Crippen LogP contribution in [0.5, 0.6) is 5.75 Å². The van der Waals surface area contributed by atoms with Gasteiger partial charge in [0.2, 0.25) is 10.0 Å². The summed E-state index contributed by atoms with van der Waals surface area (Å²) in [5.74, 6) is -0.528. The summed E-state index contributed by atoms with van der Waals surface area (Å²) in [4.78, 5) is 17.9. The summed E-state index contributed by atoms with van der Waals surface area (Å²) in [7, 11) is -3.87. The van der Waals surface area contributed by atoms with E-state index in [1.807, 2.05) is 0 Å². The molecular weight excluding hydrogens is 423 g/mol. The second-order valence-electron chi connectivity index (χ2n) is 6.84. The minimum absolute atomic E-state index is 0.0501. The maximum atomic E-state index is 12.4. The van der Waals surface area contributed by atoms with E-state index in [0.717, 1.165) is 24.3 Å². The Kier molecular flexibility index (Phi) is 6.61. The highest BCUT2D eigenvalue weighted by Crippen LogP contribution is 2.24. The first-order chi connectivity index (χ1) is 14.1. The fourth-order valence-electron chi connectivity index (χ4n) is 3.15. The molecule has 0 atom stereocenters. The van der Waals surface area contributed by atoms with Crippen LogP contribution in [-0.2, 0) is 10.0 Å². The van der Waals surface area contributed by atoms with Crippen molar-refractivity contribution in [1.29, 1.82) is 0 Å². The van der Waals surface area contributed by atoms with Crippen LogP contribution in [0.4, 0.5) is 13.2 Å². The van der Waals surface area contributed by atoms with E-state index in [2.05, 4.69) is 14.4 Å². The fourth-order valence-corrected chi connectivity index (χ4v) is 4.26. The number of alkyl halides is 3. The molecule has 0 aliphatic carbocycles. The van der Waals surface area contributed by atoms with Gasteiger partial charge in [0.05, 0.1) is 4.90 Å². The smallest absolute Gasteiger partial charge is 0.406 e. The van der Waals surface area contributed by atoms with Crippen LogP contribution in [0.25, 0.3) is 0 Å². The Morgan fingerprint density at radius 2 is 1.70 bits per heavy atom. The molecule has 1 saturated heterocycles. The number of rotatable bonds is 6. The molecule has 30 heavy (non-hydrogen) atoms. The molecule has 1 N–H and O–H groups in total. The van der Waals surface area contributed by atoms with Crippen LogP contribution >= 0.6 is 0 Å². The molecule has 11 heteroatoms. The monoisotopic (exact) mass is 443 g/mol. The molecule has 162 valence electrons. The van der Waals surface area contributed by atoms with Crippen molar-refractivity contribution in [3.8, 4) is 5.75 Å². The molecule has 0 radical (unpaired) electrons. The Morgan fingerprint density at radius 3 is 2.27 bits per heavy atom. The zero-order chi connectivity index (χ0) is 21.8. The molecule has 2 aromatic rings. The number of nitrogens with zero attached hydrogens (tertiary/aromatic N) is 2. The molecule has 1 aliphatic heterocycles. The number of ether oxygens (including phenoxy) is 1. The number of hydrogen-bond acceptors (Lipinski definition) is 5. The molecule has 3 rings (SSSR count). The van der Waals surface area contributed by atoms with Gasteiger partial charge in [0.1, 0.15) is 5.75 Å². The van der Waals surface area contributed by atoms with Gasteiger partial charge in [-0.25, -0.2) is 13.1 Å². The number of carbonyl (C=O) groups is 1. The lowest BCUT2D eigenvalue weighted by Crippen LogP contribution is -2.41. The van der Waals surface area contributed by atoms with Crippen molar-refractivity contribution < 1.29 is 31.1 Å². The Labute approximate surface area is 171 Å². The van der Waals surface area contributed by atoms with E-state index >= 15 is 0 Å². The average molecular weight is 443 g/mol. The number of carbonyl (C=O) groups excluding carboxylic acids is 1. The zero-order valence-electron chi connectivity index (χ0n) is 15.8. The molecule has 2 heterocycles. The first-order valence-electron chi connectivity index (χ1n) is 9.19. The normalized spacial score (nSPS) is 15.8. The Balaban J connectivity index is 1.50. The van der Waals surface area contributed by atoms with Gasteiger partial charge in [0, 0.05) is 37.6 Å². The highest BCUT2D eigenvalue weighted by molar-refractivity contribution is 7.89. The van der Waals surface area contributed by atoms with Crippen LogP contribution in [0.2, 0.25) is 0 Å². The Morgan fingerprint density at radius 1 is 1.10 bits per heavy atom.